The summed E-state index contributed by atoms with van der Waals surface area (Å²) in [6.07, 6.45) is 6.07. The topological polar surface area (TPSA) is 43.3 Å². The minimum atomic E-state index is -0.0809. The molecule has 138 valence electrons. The van der Waals surface area contributed by atoms with Crippen molar-refractivity contribution in [2.24, 2.45) is 0 Å². The third-order valence-corrected chi connectivity index (χ3v) is 4.90. The molecule has 1 unspecified atom stereocenters. The first-order chi connectivity index (χ1) is 12.5. The van der Waals surface area contributed by atoms with Gasteiger partial charge in [0.2, 0.25) is 5.91 Å². The molecule has 4 nitrogen and oxygen atoms in total. The zero-order valence-corrected chi connectivity index (χ0v) is 16.1. The molecule has 1 saturated carbocycles. The Kier molecular flexibility index (Phi) is 5.50. The van der Waals surface area contributed by atoms with E-state index in [9.17, 15) is 4.79 Å². The number of rotatable bonds is 7. The van der Waals surface area contributed by atoms with Crippen LogP contribution in [-0.4, -0.2) is 17.1 Å². The minimum Gasteiger partial charge on any atom is -0.494 e. The van der Waals surface area contributed by atoms with Crippen LogP contribution in [0, 0.1) is 13.8 Å². The fourth-order valence-corrected chi connectivity index (χ4v) is 3.40. The smallest absolute Gasteiger partial charge is 0.244 e. The molecule has 0 spiro atoms. The molecule has 1 atom stereocenters. The van der Waals surface area contributed by atoms with E-state index in [1.54, 1.807) is 6.08 Å². The van der Waals surface area contributed by atoms with Crippen LogP contribution in [0.5, 0.6) is 5.75 Å². The molecular weight excluding hydrogens is 324 g/mol. The predicted molar refractivity (Wildman–Crippen MR) is 105 cm³/mol. The lowest BCUT2D eigenvalue weighted by Gasteiger charge is -2.13. The van der Waals surface area contributed by atoms with Crippen LogP contribution in [0.2, 0.25) is 0 Å². The van der Waals surface area contributed by atoms with Crippen molar-refractivity contribution >= 4 is 12.0 Å². The number of hydrogen-bond acceptors (Lipinski definition) is 2. The Labute approximate surface area is 155 Å². The quantitative estimate of drug-likeness (QED) is 0.732. The fraction of sp³-hybridized carbons (Fsp3) is 0.409. The zero-order valence-electron chi connectivity index (χ0n) is 16.1. The van der Waals surface area contributed by atoms with Crippen molar-refractivity contribution in [2.45, 2.75) is 52.6 Å². The maximum atomic E-state index is 12.3. The van der Waals surface area contributed by atoms with E-state index in [0.717, 1.165) is 16.9 Å². The summed E-state index contributed by atoms with van der Waals surface area (Å²) >= 11 is 0. The largest absolute Gasteiger partial charge is 0.494 e. The molecule has 1 heterocycles. The third-order valence-electron chi connectivity index (χ3n) is 4.90. The molecule has 1 N–H and O–H groups in total. The van der Waals surface area contributed by atoms with Crippen molar-refractivity contribution in [3.8, 4) is 5.75 Å². The van der Waals surface area contributed by atoms with Crippen molar-refractivity contribution in [1.82, 2.24) is 9.88 Å². The molecule has 0 saturated heterocycles. The Morgan fingerprint density at radius 3 is 2.62 bits per heavy atom. The van der Waals surface area contributed by atoms with Gasteiger partial charge in [0.05, 0.1) is 12.6 Å². The first-order valence-electron chi connectivity index (χ1n) is 9.39. The summed E-state index contributed by atoms with van der Waals surface area (Å²) in [4.78, 5) is 12.3. The van der Waals surface area contributed by atoms with E-state index < -0.39 is 0 Å². The Morgan fingerprint density at radius 1 is 1.31 bits per heavy atom. The first kappa shape index (κ1) is 18.3. The highest BCUT2D eigenvalue weighted by Gasteiger charge is 2.26. The van der Waals surface area contributed by atoms with E-state index in [1.165, 1.54) is 24.2 Å². The number of carbonyl (C=O) groups is 1. The average molecular weight is 352 g/mol. The summed E-state index contributed by atoms with van der Waals surface area (Å²) in [6, 6.07) is 10.6. The molecule has 1 aliphatic carbocycles. The van der Waals surface area contributed by atoms with Crippen LogP contribution in [0.15, 0.2) is 36.4 Å². The lowest BCUT2D eigenvalue weighted by Crippen LogP contribution is -2.24. The molecule has 1 aliphatic rings. The molecule has 0 aliphatic heterocycles. The second kappa shape index (κ2) is 7.81. The number of nitrogens with one attached hydrogen (secondary N) is 1. The summed E-state index contributed by atoms with van der Waals surface area (Å²) < 4.78 is 7.84. The van der Waals surface area contributed by atoms with Crippen LogP contribution in [0.3, 0.4) is 0 Å². The number of ether oxygens (including phenoxy) is 1. The average Bonchev–Trinajstić information content (AvgIpc) is 3.40. The van der Waals surface area contributed by atoms with Gasteiger partial charge in [0, 0.05) is 23.5 Å². The standard InChI is InChI=1S/C22H28N2O2/c1-5-26-21-11-6-18(7-12-21)16(3)23-22(25)13-8-19-14-15(2)24(17(19)4)20-9-10-20/h6-8,11-14,16,20H,5,9-10H2,1-4H3,(H,23,25)/b13-8+. The zero-order chi connectivity index (χ0) is 18.7. The van der Waals surface area contributed by atoms with Crippen LogP contribution in [0.25, 0.3) is 6.08 Å². The molecule has 1 aromatic carbocycles. The minimum absolute atomic E-state index is 0.0540. The number of amides is 1. The Balaban J connectivity index is 1.61. The van der Waals surface area contributed by atoms with Crippen LogP contribution in [0.4, 0.5) is 0 Å². The van der Waals surface area contributed by atoms with Gasteiger partial charge in [0.1, 0.15) is 5.75 Å². The maximum absolute atomic E-state index is 12.3. The highest BCUT2D eigenvalue weighted by molar-refractivity contribution is 5.92. The fourth-order valence-electron chi connectivity index (χ4n) is 3.40. The summed E-state index contributed by atoms with van der Waals surface area (Å²) in [5.41, 5.74) is 4.70. The van der Waals surface area contributed by atoms with Crippen LogP contribution >= 0.6 is 0 Å². The highest BCUT2D eigenvalue weighted by Crippen LogP contribution is 2.38. The summed E-state index contributed by atoms with van der Waals surface area (Å²) in [7, 11) is 0. The molecule has 1 aromatic heterocycles. The van der Waals surface area contributed by atoms with E-state index in [0.29, 0.717) is 12.6 Å². The van der Waals surface area contributed by atoms with Crippen molar-refractivity contribution in [1.29, 1.82) is 0 Å². The number of hydrogen-bond donors (Lipinski definition) is 1. The van der Waals surface area contributed by atoms with Gasteiger partial charge < -0.3 is 14.6 Å². The Morgan fingerprint density at radius 2 is 2.00 bits per heavy atom. The van der Waals surface area contributed by atoms with Gasteiger partial charge in [-0.25, -0.2) is 0 Å². The molecule has 1 fully saturated rings. The van der Waals surface area contributed by atoms with Crippen molar-refractivity contribution in [3.63, 3.8) is 0 Å². The van der Waals surface area contributed by atoms with E-state index >= 15 is 0 Å². The van der Waals surface area contributed by atoms with Gasteiger partial charge in [-0.3, -0.25) is 4.79 Å². The molecular formula is C22H28N2O2. The van der Waals surface area contributed by atoms with Crippen molar-refractivity contribution in [3.05, 3.63) is 58.9 Å². The SMILES string of the molecule is CCOc1ccc(C(C)NC(=O)/C=C/c2cc(C)n(C3CC3)c2C)cc1. The first-order valence-corrected chi connectivity index (χ1v) is 9.39. The number of aryl methyl sites for hydroxylation is 1. The summed E-state index contributed by atoms with van der Waals surface area (Å²) in [5.74, 6) is 0.767. The molecule has 1 amide bonds. The predicted octanol–water partition coefficient (Wildman–Crippen LogP) is 4.73. The van der Waals surface area contributed by atoms with E-state index in [-0.39, 0.29) is 11.9 Å². The van der Waals surface area contributed by atoms with E-state index in [1.807, 2.05) is 44.2 Å². The van der Waals surface area contributed by atoms with Gasteiger partial charge in [0.15, 0.2) is 0 Å². The number of benzene rings is 1. The molecule has 0 radical (unpaired) electrons. The molecule has 2 aromatic rings. The van der Waals surface area contributed by atoms with Gasteiger partial charge in [-0.1, -0.05) is 12.1 Å². The van der Waals surface area contributed by atoms with E-state index in [2.05, 4.69) is 29.8 Å². The number of aromatic nitrogens is 1. The third kappa shape index (κ3) is 4.18. The maximum Gasteiger partial charge on any atom is 0.244 e. The van der Waals surface area contributed by atoms with Crippen molar-refractivity contribution in [2.75, 3.05) is 6.61 Å². The lowest BCUT2D eigenvalue weighted by molar-refractivity contribution is -0.117. The number of carbonyl (C=O) groups excluding carboxylic acids is 1. The van der Waals surface area contributed by atoms with Gasteiger partial charge in [-0.15, -0.1) is 0 Å². The Bertz CT molecular complexity index is 798. The number of nitrogens with zero attached hydrogens (tertiary/aromatic N) is 1. The Hall–Kier alpha value is -2.49. The molecule has 26 heavy (non-hydrogen) atoms. The molecule has 4 heteroatoms. The second-order valence-electron chi connectivity index (χ2n) is 6.99. The molecule has 3 rings (SSSR count). The van der Waals surface area contributed by atoms with Gasteiger partial charge in [0.25, 0.3) is 0 Å². The van der Waals surface area contributed by atoms with Crippen LogP contribution in [0.1, 0.15) is 61.3 Å². The molecule has 0 bridgehead atoms. The highest BCUT2D eigenvalue weighted by atomic mass is 16.5. The monoisotopic (exact) mass is 352 g/mol. The van der Waals surface area contributed by atoms with Gasteiger partial charge in [-0.05, 0) is 75.9 Å². The summed E-state index contributed by atoms with van der Waals surface area (Å²) in [5, 5.41) is 3.02. The van der Waals surface area contributed by atoms with Crippen LogP contribution < -0.4 is 10.1 Å². The van der Waals surface area contributed by atoms with Gasteiger partial charge >= 0.3 is 0 Å². The van der Waals surface area contributed by atoms with Gasteiger partial charge in [-0.2, -0.15) is 0 Å². The van der Waals surface area contributed by atoms with Crippen molar-refractivity contribution < 1.29 is 9.53 Å². The second-order valence-corrected chi connectivity index (χ2v) is 6.99. The normalized spacial score (nSPS) is 15.2. The lowest BCUT2D eigenvalue weighted by atomic mass is 10.1. The van der Waals surface area contributed by atoms with E-state index in [4.69, 9.17) is 4.74 Å². The van der Waals surface area contributed by atoms with Crippen LogP contribution in [-0.2, 0) is 4.79 Å². The summed E-state index contributed by atoms with van der Waals surface area (Å²) in [6.45, 7) is 8.87.